The van der Waals surface area contributed by atoms with Crippen LogP contribution >= 0.6 is 0 Å². The van der Waals surface area contributed by atoms with E-state index in [0.717, 1.165) is 11.1 Å². The summed E-state index contributed by atoms with van der Waals surface area (Å²) in [6.45, 7) is 0.0637. The summed E-state index contributed by atoms with van der Waals surface area (Å²) in [7, 11) is 0. The van der Waals surface area contributed by atoms with Crippen LogP contribution in [0.3, 0.4) is 0 Å². The number of hydroxylamine groups is 2. The summed E-state index contributed by atoms with van der Waals surface area (Å²) in [5.74, 6) is -0.432. The van der Waals surface area contributed by atoms with Crippen molar-refractivity contribution in [1.29, 1.82) is 0 Å². The molecule has 0 aliphatic carbocycles. The highest BCUT2D eigenvalue weighted by Crippen LogP contribution is 2.06. The predicted octanol–water partition coefficient (Wildman–Crippen LogP) is 2.15. The lowest BCUT2D eigenvalue weighted by Crippen LogP contribution is -2.26. The first-order valence-electron chi connectivity index (χ1n) is 5.66. The van der Waals surface area contributed by atoms with Crippen molar-refractivity contribution in [2.24, 2.45) is 0 Å². The third kappa shape index (κ3) is 3.40. The monoisotopic (exact) mass is 241 g/mol. The molecule has 1 heterocycles. The number of nitrogens with zero attached hydrogens (tertiary/aromatic N) is 2. The van der Waals surface area contributed by atoms with Crippen molar-refractivity contribution < 1.29 is 4.79 Å². The smallest absolute Gasteiger partial charge is 0.216 e. The van der Waals surface area contributed by atoms with E-state index in [1.165, 1.54) is 0 Å². The molecule has 0 saturated carbocycles. The van der Waals surface area contributed by atoms with E-state index in [4.69, 9.17) is 0 Å². The average Bonchev–Trinajstić information content (AvgIpc) is 2.41. The third-order valence-corrected chi connectivity index (χ3v) is 2.55. The van der Waals surface area contributed by atoms with Crippen molar-refractivity contribution in [1.82, 2.24) is 10.0 Å². The number of hydrogen-bond donors (Lipinski definition) is 0. The highest BCUT2D eigenvalue weighted by atomic mass is 16.5. The van der Waals surface area contributed by atoms with Gasteiger partial charge in [0.1, 0.15) is 0 Å². The molecule has 0 fully saturated rings. The van der Waals surface area contributed by atoms with Crippen molar-refractivity contribution in [3.63, 3.8) is 0 Å². The van der Waals surface area contributed by atoms with Crippen molar-refractivity contribution in [2.45, 2.75) is 13.0 Å². The van der Waals surface area contributed by atoms with Crippen LogP contribution in [0, 0.1) is 5.21 Å². The fourth-order valence-electron chi connectivity index (χ4n) is 1.60. The van der Waals surface area contributed by atoms with E-state index in [0.29, 0.717) is 5.06 Å². The van der Waals surface area contributed by atoms with Crippen LogP contribution in [0.15, 0.2) is 54.9 Å². The van der Waals surface area contributed by atoms with Gasteiger partial charge in [0.25, 0.3) is 0 Å². The number of carbonyl (C=O) groups excluding carboxylic acids is 1. The number of benzene rings is 1. The number of rotatable bonds is 4. The van der Waals surface area contributed by atoms with Crippen molar-refractivity contribution in [3.8, 4) is 0 Å². The molecule has 92 valence electrons. The van der Waals surface area contributed by atoms with Crippen LogP contribution in [-0.2, 0) is 17.8 Å². The second-order valence-electron chi connectivity index (χ2n) is 3.95. The van der Waals surface area contributed by atoms with E-state index < -0.39 is 5.91 Å². The van der Waals surface area contributed by atoms with Gasteiger partial charge in [0, 0.05) is 18.9 Å². The van der Waals surface area contributed by atoms with Crippen LogP contribution in [0.1, 0.15) is 11.1 Å². The summed E-state index contributed by atoms with van der Waals surface area (Å²) < 4.78 is 0. The Labute approximate surface area is 105 Å². The minimum absolute atomic E-state index is 0.0637. The molecule has 0 radical (unpaired) electrons. The quantitative estimate of drug-likeness (QED) is 0.771. The van der Waals surface area contributed by atoms with Gasteiger partial charge >= 0.3 is 0 Å². The highest BCUT2D eigenvalue weighted by molar-refractivity contribution is 5.79. The largest absolute Gasteiger partial charge is 0.756 e. The fraction of sp³-hybridized carbons (Fsp3) is 0.143. The van der Waals surface area contributed by atoms with E-state index in [2.05, 4.69) is 4.98 Å². The van der Waals surface area contributed by atoms with Crippen LogP contribution in [0.4, 0.5) is 0 Å². The molecule has 0 aliphatic heterocycles. The van der Waals surface area contributed by atoms with E-state index >= 15 is 0 Å². The Morgan fingerprint density at radius 3 is 2.39 bits per heavy atom. The topological polar surface area (TPSA) is 56.3 Å². The zero-order valence-electron chi connectivity index (χ0n) is 9.82. The SMILES string of the molecule is O=C(Cc1ccccc1)N([O-])Cc1ccncc1. The van der Waals surface area contributed by atoms with Crippen LogP contribution in [0.25, 0.3) is 0 Å². The van der Waals surface area contributed by atoms with Crippen molar-refractivity contribution in [3.05, 3.63) is 71.2 Å². The maximum absolute atomic E-state index is 11.7. The maximum Gasteiger partial charge on any atom is 0.216 e. The van der Waals surface area contributed by atoms with E-state index in [1.807, 2.05) is 30.3 Å². The van der Waals surface area contributed by atoms with Crippen LogP contribution in [0.5, 0.6) is 0 Å². The Bertz CT molecular complexity index is 500. The van der Waals surface area contributed by atoms with Gasteiger partial charge in [-0.3, -0.25) is 9.78 Å². The number of carbonyl (C=O) groups is 1. The lowest BCUT2D eigenvalue weighted by Gasteiger charge is -2.28. The minimum Gasteiger partial charge on any atom is -0.756 e. The van der Waals surface area contributed by atoms with Crippen LogP contribution in [0.2, 0.25) is 0 Å². The van der Waals surface area contributed by atoms with Crippen molar-refractivity contribution >= 4 is 5.91 Å². The number of hydrogen-bond acceptors (Lipinski definition) is 3. The average molecular weight is 241 g/mol. The van der Waals surface area contributed by atoms with Gasteiger partial charge in [0.05, 0.1) is 6.42 Å². The summed E-state index contributed by atoms with van der Waals surface area (Å²) in [6.07, 6.45) is 3.34. The van der Waals surface area contributed by atoms with Crippen LogP contribution in [-0.4, -0.2) is 16.0 Å². The molecule has 18 heavy (non-hydrogen) atoms. The highest BCUT2D eigenvalue weighted by Gasteiger charge is 2.05. The number of amides is 1. The molecule has 0 unspecified atom stereocenters. The van der Waals surface area contributed by atoms with E-state index in [9.17, 15) is 10.0 Å². The molecule has 0 bridgehead atoms. The molecule has 1 amide bonds. The number of aromatic nitrogens is 1. The summed E-state index contributed by atoms with van der Waals surface area (Å²) >= 11 is 0. The molecule has 1 aromatic carbocycles. The van der Waals surface area contributed by atoms with E-state index in [1.54, 1.807) is 24.5 Å². The van der Waals surface area contributed by atoms with Gasteiger partial charge in [-0.25, -0.2) is 0 Å². The third-order valence-electron chi connectivity index (χ3n) is 2.55. The first kappa shape index (κ1) is 12.3. The Morgan fingerprint density at radius 2 is 1.72 bits per heavy atom. The molecule has 0 spiro atoms. The molecule has 0 N–H and O–H groups in total. The second-order valence-corrected chi connectivity index (χ2v) is 3.95. The van der Waals surface area contributed by atoms with Gasteiger partial charge < -0.3 is 10.3 Å². The molecular formula is C14H13N2O2-. The first-order chi connectivity index (χ1) is 8.75. The fourth-order valence-corrected chi connectivity index (χ4v) is 1.60. The Morgan fingerprint density at radius 1 is 1.06 bits per heavy atom. The first-order valence-corrected chi connectivity index (χ1v) is 5.66. The van der Waals surface area contributed by atoms with Gasteiger partial charge in [0.2, 0.25) is 5.91 Å². The molecule has 0 aliphatic rings. The van der Waals surface area contributed by atoms with Gasteiger partial charge in [0.15, 0.2) is 0 Å². The second kappa shape index (κ2) is 5.93. The molecule has 2 aromatic rings. The molecule has 4 heteroatoms. The zero-order chi connectivity index (χ0) is 12.8. The molecule has 4 nitrogen and oxygen atoms in total. The molecule has 0 atom stereocenters. The standard InChI is InChI=1S/C14H13N2O2/c17-14(10-12-4-2-1-3-5-12)16(18)11-13-6-8-15-9-7-13/h1-9H,10-11H2/q-1. The zero-order valence-corrected chi connectivity index (χ0v) is 9.82. The van der Waals surface area contributed by atoms with Crippen molar-refractivity contribution in [2.75, 3.05) is 0 Å². The van der Waals surface area contributed by atoms with Gasteiger partial charge in [-0.2, -0.15) is 0 Å². The normalized spacial score (nSPS) is 10.1. The Balaban J connectivity index is 1.93. The molecule has 0 saturated heterocycles. The maximum atomic E-state index is 11.7. The molecule has 2 rings (SSSR count). The van der Waals surface area contributed by atoms with Gasteiger partial charge in [-0.05, 0) is 23.3 Å². The minimum atomic E-state index is -0.432. The number of pyridine rings is 1. The molecular weight excluding hydrogens is 228 g/mol. The summed E-state index contributed by atoms with van der Waals surface area (Å²) in [6, 6.07) is 12.7. The lowest BCUT2D eigenvalue weighted by molar-refractivity contribution is -0.128. The summed E-state index contributed by atoms with van der Waals surface area (Å²) in [4.78, 5) is 15.6. The molecule has 1 aromatic heterocycles. The van der Waals surface area contributed by atoms with Gasteiger partial charge in [-0.1, -0.05) is 30.3 Å². The lowest BCUT2D eigenvalue weighted by atomic mass is 10.1. The van der Waals surface area contributed by atoms with Gasteiger partial charge in [-0.15, -0.1) is 0 Å². The summed E-state index contributed by atoms with van der Waals surface area (Å²) in [5, 5.41) is 12.2. The predicted molar refractivity (Wildman–Crippen MR) is 68.3 cm³/mol. The summed E-state index contributed by atoms with van der Waals surface area (Å²) in [5.41, 5.74) is 1.62. The van der Waals surface area contributed by atoms with Crippen LogP contribution < -0.4 is 0 Å². The Hall–Kier alpha value is -2.20. The Kier molecular flexibility index (Phi) is 4.04. The van der Waals surface area contributed by atoms with E-state index in [-0.39, 0.29) is 13.0 Å².